The fraction of sp³-hybridized carbons (Fsp3) is 0.727. The molecule has 4 nitrogen and oxygen atoms in total. The molecule has 2 rings (SSSR count). The van der Waals surface area contributed by atoms with E-state index in [9.17, 15) is 4.79 Å². The van der Waals surface area contributed by atoms with E-state index in [1.165, 1.54) is 17.7 Å². The molecule has 1 amide bonds. The standard InChI is InChI=1S/C11H19N3O.ClH/c1-10-12(2)7-8-14(10)9-11(15)13-5-3-4-6-13;/h7-8,10H,3-6,9H2,1-2H3;1H. The van der Waals surface area contributed by atoms with E-state index in [1.54, 1.807) is 0 Å². The average Bonchev–Trinajstić information content (AvgIpc) is 2.83. The van der Waals surface area contributed by atoms with E-state index in [-0.39, 0.29) is 18.3 Å². The van der Waals surface area contributed by atoms with Crippen LogP contribution in [-0.4, -0.2) is 48.6 Å². The zero-order chi connectivity index (χ0) is 10.8. The first-order valence-electron chi connectivity index (χ1n) is 5.73. The number of halogens is 1. The number of carbonyl (C=O) groups excluding carboxylic acids is 1. The highest BCUT2D eigenvalue weighted by atomic mass is 35.5. The first-order chi connectivity index (χ1) is 7.18. The quantitative estimate of drug-likeness (QED) is 0.542. The lowest BCUT2D eigenvalue weighted by Crippen LogP contribution is -3.08. The van der Waals surface area contributed by atoms with Crippen molar-refractivity contribution in [3.05, 3.63) is 12.4 Å². The molecule has 2 unspecified atom stereocenters. The van der Waals surface area contributed by atoms with E-state index in [0.717, 1.165) is 13.1 Å². The predicted molar refractivity (Wildman–Crippen MR) is 58.0 cm³/mol. The number of nitrogens with zero attached hydrogens (tertiary/aromatic N) is 2. The van der Waals surface area contributed by atoms with Crippen LogP contribution in [0.1, 0.15) is 19.8 Å². The van der Waals surface area contributed by atoms with Crippen molar-refractivity contribution in [1.29, 1.82) is 0 Å². The first-order valence-corrected chi connectivity index (χ1v) is 5.73. The fourth-order valence-electron chi connectivity index (χ4n) is 2.16. The van der Waals surface area contributed by atoms with E-state index in [2.05, 4.69) is 25.1 Å². The van der Waals surface area contributed by atoms with Crippen LogP contribution in [0.5, 0.6) is 0 Å². The maximum atomic E-state index is 11.9. The average molecular weight is 246 g/mol. The monoisotopic (exact) mass is 245 g/mol. The number of rotatable bonds is 2. The molecule has 0 saturated carbocycles. The van der Waals surface area contributed by atoms with Gasteiger partial charge in [-0.2, -0.15) is 0 Å². The van der Waals surface area contributed by atoms with Crippen molar-refractivity contribution >= 4 is 5.91 Å². The maximum Gasteiger partial charge on any atom is 0.242 e. The van der Waals surface area contributed by atoms with Crippen molar-refractivity contribution in [3.63, 3.8) is 0 Å². The minimum Gasteiger partial charge on any atom is -1.00 e. The molecule has 1 fully saturated rings. The number of likely N-dealkylation sites (tertiary alicyclic amines) is 1. The molecule has 16 heavy (non-hydrogen) atoms. The topological polar surface area (TPSA) is 28.0 Å². The molecule has 0 spiro atoms. The second kappa shape index (κ2) is 5.55. The van der Waals surface area contributed by atoms with Crippen LogP contribution in [0.25, 0.3) is 0 Å². The van der Waals surface area contributed by atoms with Gasteiger partial charge in [-0.25, -0.2) is 0 Å². The van der Waals surface area contributed by atoms with Gasteiger partial charge in [0.1, 0.15) is 12.7 Å². The molecular weight excluding hydrogens is 226 g/mol. The van der Waals surface area contributed by atoms with Gasteiger partial charge >= 0.3 is 0 Å². The molecule has 0 aromatic rings. The van der Waals surface area contributed by atoms with Crippen LogP contribution in [-0.2, 0) is 4.79 Å². The van der Waals surface area contributed by atoms with Gasteiger partial charge < -0.3 is 22.2 Å². The molecule has 2 heterocycles. The number of hydrogen-bond donors (Lipinski definition) is 1. The summed E-state index contributed by atoms with van der Waals surface area (Å²) >= 11 is 0. The van der Waals surface area contributed by atoms with Gasteiger partial charge in [0.2, 0.25) is 5.91 Å². The Morgan fingerprint density at radius 3 is 2.56 bits per heavy atom. The molecule has 0 aromatic heterocycles. The molecule has 1 saturated heterocycles. The summed E-state index contributed by atoms with van der Waals surface area (Å²) in [6.45, 7) is 4.59. The molecule has 5 heteroatoms. The van der Waals surface area contributed by atoms with Crippen LogP contribution in [0.15, 0.2) is 12.4 Å². The van der Waals surface area contributed by atoms with Crippen molar-refractivity contribution in [2.45, 2.75) is 25.9 Å². The van der Waals surface area contributed by atoms with Crippen molar-refractivity contribution in [2.75, 3.05) is 26.7 Å². The summed E-state index contributed by atoms with van der Waals surface area (Å²) in [4.78, 5) is 17.3. The molecule has 2 atom stereocenters. The minimum atomic E-state index is 0. The third-order valence-electron chi connectivity index (χ3n) is 3.46. The first kappa shape index (κ1) is 13.3. The zero-order valence-corrected chi connectivity index (χ0v) is 10.7. The fourth-order valence-corrected chi connectivity index (χ4v) is 2.16. The molecule has 0 bridgehead atoms. The smallest absolute Gasteiger partial charge is 0.242 e. The Balaban J connectivity index is 0.00000128. The number of amides is 1. The van der Waals surface area contributed by atoms with Gasteiger partial charge in [-0.05, 0) is 12.8 Å². The highest BCUT2D eigenvalue weighted by Crippen LogP contribution is 2.09. The van der Waals surface area contributed by atoms with Crippen molar-refractivity contribution in [1.82, 2.24) is 9.80 Å². The molecule has 92 valence electrons. The van der Waals surface area contributed by atoms with E-state index in [0.29, 0.717) is 12.7 Å². The normalized spacial score (nSPS) is 28.4. The molecule has 2 aliphatic heterocycles. The van der Waals surface area contributed by atoms with Crippen molar-refractivity contribution in [3.8, 4) is 0 Å². The van der Waals surface area contributed by atoms with Gasteiger partial charge in [-0.15, -0.1) is 0 Å². The van der Waals surface area contributed by atoms with Gasteiger partial charge in [0.05, 0.1) is 13.2 Å². The summed E-state index contributed by atoms with van der Waals surface area (Å²) in [5, 5.41) is 0. The van der Waals surface area contributed by atoms with Crippen LogP contribution in [0.2, 0.25) is 0 Å². The van der Waals surface area contributed by atoms with E-state index in [4.69, 9.17) is 0 Å². The Labute approximate surface area is 103 Å². The highest BCUT2D eigenvalue weighted by Gasteiger charge is 2.27. The summed E-state index contributed by atoms with van der Waals surface area (Å²) in [7, 11) is 2.11. The molecule has 0 radical (unpaired) electrons. The van der Waals surface area contributed by atoms with Crippen molar-refractivity contribution < 1.29 is 22.1 Å². The van der Waals surface area contributed by atoms with E-state index < -0.39 is 0 Å². The molecule has 2 aliphatic rings. The summed E-state index contributed by atoms with van der Waals surface area (Å²) in [6, 6.07) is 0. The lowest BCUT2D eigenvalue weighted by Gasteiger charge is -2.24. The third-order valence-corrected chi connectivity index (χ3v) is 3.46. The SMILES string of the molecule is CC1N(CC(=O)N2CCCC2)C=C[NH+]1C.[Cl-]. The summed E-state index contributed by atoms with van der Waals surface area (Å²) in [5.41, 5.74) is 0. The predicted octanol–water partition coefficient (Wildman–Crippen LogP) is -3.74. The summed E-state index contributed by atoms with van der Waals surface area (Å²) in [6.07, 6.45) is 6.86. The molecule has 0 aliphatic carbocycles. The lowest BCUT2D eigenvalue weighted by atomic mass is 10.4. The Kier molecular flexibility index (Phi) is 4.62. The zero-order valence-electron chi connectivity index (χ0n) is 9.95. The van der Waals surface area contributed by atoms with E-state index in [1.807, 2.05) is 11.1 Å². The Morgan fingerprint density at radius 2 is 2.06 bits per heavy atom. The van der Waals surface area contributed by atoms with Crippen LogP contribution >= 0.6 is 0 Å². The Bertz CT molecular complexity index is 276. The highest BCUT2D eigenvalue weighted by molar-refractivity contribution is 5.78. The van der Waals surface area contributed by atoms with Gasteiger partial charge in [-0.3, -0.25) is 9.69 Å². The van der Waals surface area contributed by atoms with Gasteiger partial charge in [-0.1, -0.05) is 0 Å². The number of hydrogen-bond acceptors (Lipinski definition) is 2. The molecular formula is C11H20ClN3O. The Hall–Kier alpha value is -0.740. The van der Waals surface area contributed by atoms with Crippen LogP contribution in [0.4, 0.5) is 0 Å². The third kappa shape index (κ3) is 2.68. The van der Waals surface area contributed by atoms with Crippen LogP contribution in [0.3, 0.4) is 0 Å². The van der Waals surface area contributed by atoms with Crippen LogP contribution < -0.4 is 17.3 Å². The van der Waals surface area contributed by atoms with Crippen LogP contribution in [0, 0.1) is 0 Å². The van der Waals surface area contributed by atoms with Crippen molar-refractivity contribution in [2.24, 2.45) is 0 Å². The Morgan fingerprint density at radius 1 is 1.44 bits per heavy atom. The van der Waals surface area contributed by atoms with Gasteiger partial charge in [0.15, 0.2) is 6.17 Å². The summed E-state index contributed by atoms with van der Waals surface area (Å²) < 4.78 is 0. The van der Waals surface area contributed by atoms with Gasteiger partial charge in [0.25, 0.3) is 0 Å². The second-order valence-electron chi connectivity index (χ2n) is 4.50. The van der Waals surface area contributed by atoms with E-state index >= 15 is 0 Å². The minimum absolute atomic E-state index is 0. The second-order valence-corrected chi connectivity index (χ2v) is 4.50. The lowest BCUT2D eigenvalue weighted by molar-refractivity contribution is -0.854. The molecule has 0 aromatic carbocycles. The number of nitrogens with one attached hydrogen (secondary N) is 1. The van der Waals surface area contributed by atoms with Gasteiger partial charge in [0, 0.05) is 20.0 Å². The summed E-state index contributed by atoms with van der Waals surface area (Å²) in [5.74, 6) is 0.277. The molecule has 1 N–H and O–H groups in total. The maximum absolute atomic E-state index is 11.9. The number of quaternary nitrogens is 1. The largest absolute Gasteiger partial charge is 1.00 e. The number of carbonyl (C=O) groups is 1.